The van der Waals surface area contributed by atoms with Crippen molar-refractivity contribution in [3.63, 3.8) is 0 Å². The first-order valence-electron chi connectivity index (χ1n) is 8.94. The number of ether oxygens (including phenoxy) is 1. The molecule has 2 aromatic rings. The molecule has 0 aliphatic carbocycles. The number of furan rings is 1. The molecule has 0 aliphatic rings. The molecule has 0 saturated carbocycles. The Morgan fingerprint density at radius 1 is 1.15 bits per heavy atom. The third-order valence-corrected chi connectivity index (χ3v) is 3.86. The monoisotopic (exact) mass is 485 g/mol. The average Bonchev–Trinajstić information content (AvgIpc) is 3.19. The van der Waals surface area contributed by atoms with Crippen LogP contribution in [0.3, 0.4) is 0 Å². The summed E-state index contributed by atoms with van der Waals surface area (Å²) in [6, 6.07) is 11.1. The van der Waals surface area contributed by atoms with Crippen molar-refractivity contribution >= 4 is 35.9 Å². The van der Waals surface area contributed by atoms with E-state index >= 15 is 0 Å². The minimum absolute atomic E-state index is 0. The number of aliphatic imine (C=N–C) groups is 1. The Morgan fingerprint density at radius 2 is 1.89 bits per heavy atom. The number of nitrogens with one attached hydrogen (secondary N) is 2. The molecule has 0 aliphatic heterocycles. The fourth-order valence-corrected chi connectivity index (χ4v) is 2.35. The van der Waals surface area contributed by atoms with Gasteiger partial charge in [-0.2, -0.15) is 0 Å². The number of unbranched alkanes of at least 4 members (excludes halogenated alkanes) is 1. The minimum Gasteiger partial charge on any atom is -0.469 e. The van der Waals surface area contributed by atoms with Gasteiger partial charge in [0.05, 0.1) is 25.5 Å². The van der Waals surface area contributed by atoms with Gasteiger partial charge in [0.1, 0.15) is 5.76 Å². The molecule has 27 heavy (non-hydrogen) atoms. The fraction of sp³-hybridized carbons (Fsp3) is 0.400. The summed E-state index contributed by atoms with van der Waals surface area (Å²) in [6.45, 7) is 4.31. The van der Waals surface area contributed by atoms with Crippen molar-refractivity contribution in [1.82, 2.24) is 10.6 Å². The van der Waals surface area contributed by atoms with E-state index in [0.29, 0.717) is 12.1 Å². The van der Waals surface area contributed by atoms with E-state index in [9.17, 15) is 4.79 Å². The molecular formula is C20H28IN3O3. The highest BCUT2D eigenvalue weighted by atomic mass is 127. The van der Waals surface area contributed by atoms with Crippen LogP contribution in [-0.4, -0.2) is 32.1 Å². The summed E-state index contributed by atoms with van der Waals surface area (Å²) < 4.78 is 10.1. The molecule has 0 unspecified atom stereocenters. The highest BCUT2D eigenvalue weighted by Gasteiger charge is 2.05. The van der Waals surface area contributed by atoms with E-state index in [0.717, 1.165) is 49.6 Å². The molecular weight excluding hydrogens is 457 g/mol. The van der Waals surface area contributed by atoms with Crippen LogP contribution in [0.25, 0.3) is 0 Å². The van der Waals surface area contributed by atoms with E-state index in [1.807, 2.05) is 24.3 Å². The van der Waals surface area contributed by atoms with Gasteiger partial charge < -0.3 is 19.8 Å². The Kier molecular flexibility index (Phi) is 11.2. The first-order chi connectivity index (χ1) is 12.7. The number of halogens is 1. The maximum Gasteiger partial charge on any atom is 0.337 e. The van der Waals surface area contributed by atoms with Crippen LogP contribution in [0.5, 0.6) is 0 Å². The van der Waals surface area contributed by atoms with E-state index in [1.165, 1.54) is 7.11 Å². The lowest BCUT2D eigenvalue weighted by atomic mass is 10.1. The summed E-state index contributed by atoms with van der Waals surface area (Å²) in [5.74, 6) is 1.40. The number of methoxy groups -OCH3 is 1. The maximum atomic E-state index is 11.5. The first-order valence-corrected chi connectivity index (χ1v) is 8.94. The summed E-state index contributed by atoms with van der Waals surface area (Å²) in [7, 11) is 1.38. The SMILES string of the molecule is CCCCNC(=NCc1ccc(C(=O)OC)cc1)NCCc1ccco1.I. The molecule has 0 fully saturated rings. The van der Waals surface area contributed by atoms with Crippen LogP contribution < -0.4 is 10.6 Å². The molecule has 1 aromatic heterocycles. The molecule has 0 bridgehead atoms. The molecule has 0 amide bonds. The average molecular weight is 485 g/mol. The Balaban J connectivity index is 0.00000364. The number of nitrogens with zero attached hydrogens (tertiary/aromatic N) is 1. The number of carbonyl (C=O) groups excluding carboxylic acids is 1. The number of guanidine groups is 1. The number of hydrogen-bond donors (Lipinski definition) is 2. The zero-order valence-corrected chi connectivity index (χ0v) is 18.2. The zero-order chi connectivity index (χ0) is 18.6. The number of hydrogen-bond acceptors (Lipinski definition) is 4. The van der Waals surface area contributed by atoms with Crippen LogP contribution in [0.1, 0.15) is 41.4 Å². The van der Waals surface area contributed by atoms with Crippen molar-refractivity contribution < 1.29 is 13.9 Å². The smallest absolute Gasteiger partial charge is 0.337 e. The molecule has 1 heterocycles. The molecule has 0 spiro atoms. The molecule has 0 radical (unpaired) electrons. The topological polar surface area (TPSA) is 75.9 Å². The van der Waals surface area contributed by atoms with Crippen molar-refractivity contribution in [3.8, 4) is 0 Å². The van der Waals surface area contributed by atoms with Gasteiger partial charge in [-0.05, 0) is 36.2 Å². The van der Waals surface area contributed by atoms with Crippen molar-refractivity contribution in [1.29, 1.82) is 0 Å². The van der Waals surface area contributed by atoms with Gasteiger partial charge >= 0.3 is 5.97 Å². The molecule has 6 nitrogen and oxygen atoms in total. The maximum absolute atomic E-state index is 11.5. The van der Waals surface area contributed by atoms with Gasteiger partial charge in [-0.3, -0.25) is 0 Å². The Bertz CT molecular complexity index is 685. The Hall–Kier alpha value is -2.03. The van der Waals surface area contributed by atoms with Crippen molar-refractivity contribution in [2.24, 2.45) is 4.99 Å². The van der Waals surface area contributed by atoms with Crippen LogP contribution in [0.4, 0.5) is 0 Å². The third kappa shape index (κ3) is 8.47. The summed E-state index contributed by atoms with van der Waals surface area (Å²) in [5, 5.41) is 6.67. The first kappa shape index (κ1) is 23.0. The highest BCUT2D eigenvalue weighted by molar-refractivity contribution is 14.0. The summed E-state index contributed by atoms with van der Waals surface area (Å²) in [4.78, 5) is 16.1. The van der Waals surface area contributed by atoms with Crippen LogP contribution in [-0.2, 0) is 17.7 Å². The zero-order valence-electron chi connectivity index (χ0n) is 15.9. The van der Waals surface area contributed by atoms with Crippen LogP contribution in [0.15, 0.2) is 52.1 Å². The van der Waals surface area contributed by atoms with Crippen LogP contribution >= 0.6 is 24.0 Å². The van der Waals surface area contributed by atoms with Crippen LogP contribution in [0.2, 0.25) is 0 Å². The predicted octanol–water partition coefficient (Wildman–Crippen LogP) is 3.76. The highest BCUT2D eigenvalue weighted by Crippen LogP contribution is 2.07. The second-order valence-electron chi connectivity index (χ2n) is 5.89. The predicted molar refractivity (Wildman–Crippen MR) is 118 cm³/mol. The largest absolute Gasteiger partial charge is 0.469 e. The van der Waals surface area contributed by atoms with Gasteiger partial charge in [0.15, 0.2) is 5.96 Å². The van der Waals surface area contributed by atoms with Crippen molar-refractivity contribution in [2.45, 2.75) is 32.7 Å². The van der Waals surface area contributed by atoms with Gasteiger partial charge in [-0.15, -0.1) is 24.0 Å². The molecule has 148 valence electrons. The Labute approximate surface area is 177 Å². The van der Waals surface area contributed by atoms with E-state index in [1.54, 1.807) is 18.4 Å². The van der Waals surface area contributed by atoms with Gasteiger partial charge in [0, 0.05) is 19.5 Å². The molecule has 1 aromatic carbocycles. The standard InChI is InChI=1S/C20H27N3O3.HI/c1-3-4-12-21-20(22-13-11-18-6-5-14-26-18)23-15-16-7-9-17(10-8-16)19(24)25-2;/h5-10,14H,3-4,11-13,15H2,1-2H3,(H2,21,22,23);1H. The minimum atomic E-state index is -0.332. The van der Waals surface area contributed by atoms with Gasteiger partial charge in [-0.1, -0.05) is 25.5 Å². The van der Waals surface area contributed by atoms with E-state index in [-0.39, 0.29) is 29.9 Å². The van der Waals surface area contributed by atoms with Gasteiger partial charge in [-0.25, -0.2) is 9.79 Å². The quantitative estimate of drug-likeness (QED) is 0.186. The number of esters is 1. The van der Waals surface area contributed by atoms with Crippen molar-refractivity contribution in [3.05, 3.63) is 59.5 Å². The normalized spacial score (nSPS) is 10.8. The van der Waals surface area contributed by atoms with Gasteiger partial charge in [0.2, 0.25) is 0 Å². The lowest BCUT2D eigenvalue weighted by molar-refractivity contribution is 0.0600. The molecule has 7 heteroatoms. The number of carbonyl (C=O) groups is 1. The summed E-state index contributed by atoms with van der Waals surface area (Å²) in [5.41, 5.74) is 1.57. The third-order valence-electron chi connectivity index (χ3n) is 3.86. The fourth-order valence-electron chi connectivity index (χ4n) is 2.35. The van der Waals surface area contributed by atoms with Gasteiger partial charge in [0.25, 0.3) is 0 Å². The lowest BCUT2D eigenvalue weighted by Crippen LogP contribution is -2.38. The lowest BCUT2D eigenvalue weighted by Gasteiger charge is -2.12. The van der Waals surface area contributed by atoms with Crippen molar-refractivity contribution in [2.75, 3.05) is 20.2 Å². The summed E-state index contributed by atoms with van der Waals surface area (Å²) in [6.07, 6.45) is 4.70. The summed E-state index contributed by atoms with van der Waals surface area (Å²) >= 11 is 0. The number of benzene rings is 1. The van der Waals surface area contributed by atoms with E-state index in [4.69, 9.17) is 9.15 Å². The van der Waals surface area contributed by atoms with E-state index in [2.05, 4.69) is 22.5 Å². The molecule has 2 rings (SSSR count). The second-order valence-corrected chi connectivity index (χ2v) is 5.89. The molecule has 0 atom stereocenters. The molecule has 2 N–H and O–H groups in total. The number of rotatable bonds is 9. The second kappa shape index (κ2) is 13.2. The Morgan fingerprint density at radius 3 is 2.52 bits per heavy atom. The van der Waals surface area contributed by atoms with Crippen LogP contribution in [0, 0.1) is 0 Å². The molecule has 0 saturated heterocycles. The van der Waals surface area contributed by atoms with E-state index < -0.39 is 0 Å².